The summed E-state index contributed by atoms with van der Waals surface area (Å²) in [5, 5.41) is 59.5. The Balaban J connectivity index is 2.16. The highest BCUT2D eigenvalue weighted by molar-refractivity contribution is 5.28. The van der Waals surface area contributed by atoms with Crippen LogP contribution in [0.3, 0.4) is 0 Å². The van der Waals surface area contributed by atoms with E-state index in [9.17, 15) is 30.6 Å². The van der Waals surface area contributed by atoms with Crippen LogP contribution >= 0.6 is 0 Å². The molecule has 1 heterocycles. The van der Waals surface area contributed by atoms with Gasteiger partial charge < -0.3 is 40.1 Å². The molecule has 0 amide bonds. The largest absolute Gasteiger partial charge is 0.394 e. The number of ether oxygens (including phenoxy) is 2. The van der Waals surface area contributed by atoms with Crippen molar-refractivity contribution in [2.24, 2.45) is 5.41 Å². The van der Waals surface area contributed by atoms with Gasteiger partial charge in [0.05, 0.1) is 18.8 Å². The summed E-state index contributed by atoms with van der Waals surface area (Å²) in [4.78, 5) is 0. The van der Waals surface area contributed by atoms with Gasteiger partial charge in [0.25, 0.3) is 0 Å². The van der Waals surface area contributed by atoms with Crippen molar-refractivity contribution in [3.05, 3.63) is 11.1 Å². The Morgan fingerprint density at radius 3 is 2.33 bits per heavy atom. The van der Waals surface area contributed by atoms with Crippen molar-refractivity contribution in [3.63, 3.8) is 0 Å². The van der Waals surface area contributed by atoms with Gasteiger partial charge in [0, 0.05) is 0 Å². The lowest BCUT2D eigenvalue weighted by molar-refractivity contribution is -0.318. The van der Waals surface area contributed by atoms with Gasteiger partial charge >= 0.3 is 0 Å². The molecule has 8 heteroatoms. The van der Waals surface area contributed by atoms with E-state index in [1.165, 1.54) is 0 Å². The Bertz CT molecular complexity index is 530. The predicted molar refractivity (Wildman–Crippen MR) is 96.7 cm³/mol. The molecular weight excluding hydrogens is 356 g/mol. The minimum atomic E-state index is -1.52. The third kappa shape index (κ3) is 4.89. The smallest absolute Gasteiger partial charge is 0.187 e. The van der Waals surface area contributed by atoms with Crippen LogP contribution in [-0.2, 0) is 9.47 Å². The van der Waals surface area contributed by atoms with Crippen molar-refractivity contribution >= 4 is 0 Å². The van der Waals surface area contributed by atoms with E-state index in [-0.39, 0.29) is 5.41 Å². The summed E-state index contributed by atoms with van der Waals surface area (Å²) < 4.78 is 11.2. The monoisotopic (exact) mass is 390 g/mol. The lowest BCUT2D eigenvalue weighted by Gasteiger charge is -2.45. The van der Waals surface area contributed by atoms with Crippen molar-refractivity contribution in [1.29, 1.82) is 0 Å². The van der Waals surface area contributed by atoms with Gasteiger partial charge in [0.1, 0.15) is 30.5 Å². The van der Waals surface area contributed by atoms with Gasteiger partial charge in [0.2, 0.25) is 0 Å². The number of allylic oxidation sites excluding steroid dienone is 1. The minimum absolute atomic E-state index is 0.295. The van der Waals surface area contributed by atoms with E-state index in [1.54, 1.807) is 6.92 Å². The molecule has 8 atom stereocenters. The topological polar surface area (TPSA) is 140 Å². The summed E-state index contributed by atoms with van der Waals surface area (Å²) in [7, 11) is 0. The second kappa shape index (κ2) is 8.84. The van der Waals surface area contributed by atoms with Crippen LogP contribution in [0.25, 0.3) is 0 Å². The molecule has 0 radical (unpaired) electrons. The van der Waals surface area contributed by atoms with E-state index >= 15 is 0 Å². The zero-order valence-electron chi connectivity index (χ0n) is 16.4. The molecule has 2 rings (SSSR count). The molecule has 1 aliphatic heterocycles. The lowest BCUT2D eigenvalue weighted by Crippen LogP contribution is -2.60. The number of hydrogen-bond donors (Lipinski definition) is 6. The molecule has 0 aromatic heterocycles. The maximum atomic E-state index is 10.7. The van der Waals surface area contributed by atoms with Crippen LogP contribution < -0.4 is 0 Å². The molecule has 0 bridgehead atoms. The zero-order valence-corrected chi connectivity index (χ0v) is 16.4. The molecule has 1 saturated heterocycles. The lowest BCUT2D eigenvalue weighted by atomic mass is 9.69. The van der Waals surface area contributed by atoms with Crippen LogP contribution in [0.5, 0.6) is 0 Å². The molecule has 1 aliphatic carbocycles. The number of hydrogen-bond acceptors (Lipinski definition) is 8. The van der Waals surface area contributed by atoms with Gasteiger partial charge in [-0.2, -0.15) is 0 Å². The summed E-state index contributed by atoms with van der Waals surface area (Å²) in [5.74, 6) is 0. The van der Waals surface area contributed by atoms with E-state index in [0.717, 1.165) is 11.1 Å². The van der Waals surface area contributed by atoms with Crippen molar-refractivity contribution < 1.29 is 40.1 Å². The second-order valence-electron chi connectivity index (χ2n) is 8.45. The molecular formula is C19H34O8. The molecule has 2 aliphatic rings. The quantitative estimate of drug-likeness (QED) is 0.332. The van der Waals surface area contributed by atoms with E-state index in [4.69, 9.17) is 9.47 Å². The van der Waals surface area contributed by atoms with Gasteiger partial charge in [0.15, 0.2) is 6.29 Å². The normalized spacial score (nSPS) is 40.9. The Morgan fingerprint density at radius 2 is 1.78 bits per heavy atom. The van der Waals surface area contributed by atoms with Crippen molar-refractivity contribution in [1.82, 2.24) is 0 Å². The number of aliphatic hydroxyl groups excluding tert-OH is 6. The Kier molecular flexibility index (Phi) is 7.43. The molecule has 6 N–H and O–H groups in total. The van der Waals surface area contributed by atoms with Gasteiger partial charge in [-0.3, -0.25) is 0 Å². The first-order chi connectivity index (χ1) is 12.5. The van der Waals surface area contributed by atoms with E-state index < -0.39 is 55.6 Å². The highest BCUT2D eigenvalue weighted by atomic mass is 16.7. The summed E-state index contributed by atoms with van der Waals surface area (Å²) in [6.45, 7) is 7.08. The SMILES string of the molecule is CC1=C(CC[C@@H](C)O)C(C)(C)C[C@@H](O[C@@H]2O[C@H](CO)[C@@H](O)[C@H](O)[C@H]2O)[C@@H]1O. The minimum Gasteiger partial charge on any atom is -0.394 e. The van der Waals surface area contributed by atoms with Gasteiger partial charge in [-0.05, 0) is 44.1 Å². The maximum absolute atomic E-state index is 10.7. The fraction of sp³-hybridized carbons (Fsp3) is 0.895. The number of aliphatic hydroxyl groups is 6. The van der Waals surface area contributed by atoms with Gasteiger partial charge in [-0.1, -0.05) is 19.4 Å². The van der Waals surface area contributed by atoms with Gasteiger partial charge in [-0.25, -0.2) is 0 Å². The average Bonchev–Trinajstić information content (AvgIpc) is 2.59. The summed E-state index contributed by atoms with van der Waals surface area (Å²) in [6.07, 6.45) is -7.12. The van der Waals surface area contributed by atoms with Crippen LogP contribution in [-0.4, -0.2) is 86.3 Å². The van der Waals surface area contributed by atoms with Gasteiger partial charge in [-0.15, -0.1) is 0 Å². The van der Waals surface area contributed by atoms with Crippen molar-refractivity contribution in [2.75, 3.05) is 6.61 Å². The molecule has 8 nitrogen and oxygen atoms in total. The summed E-state index contributed by atoms with van der Waals surface area (Å²) >= 11 is 0. The molecule has 1 fully saturated rings. The molecule has 27 heavy (non-hydrogen) atoms. The van der Waals surface area contributed by atoms with Crippen LogP contribution in [0.2, 0.25) is 0 Å². The third-order valence-corrected chi connectivity index (χ3v) is 5.77. The fourth-order valence-corrected chi connectivity index (χ4v) is 4.09. The zero-order chi connectivity index (χ0) is 20.5. The molecule has 0 aromatic carbocycles. The first-order valence-electron chi connectivity index (χ1n) is 9.51. The van der Waals surface area contributed by atoms with E-state index in [1.807, 2.05) is 20.8 Å². The average molecular weight is 390 g/mol. The highest BCUT2D eigenvalue weighted by Gasteiger charge is 2.47. The van der Waals surface area contributed by atoms with Crippen LogP contribution in [0.15, 0.2) is 11.1 Å². The Labute approximate surface area is 160 Å². The predicted octanol–water partition coefficient (Wildman–Crippen LogP) is -0.560. The molecule has 158 valence electrons. The van der Waals surface area contributed by atoms with Crippen molar-refractivity contribution in [2.45, 2.75) is 96.0 Å². The van der Waals surface area contributed by atoms with E-state index in [2.05, 4.69) is 0 Å². The summed E-state index contributed by atoms with van der Waals surface area (Å²) in [6, 6.07) is 0. The molecule has 0 saturated carbocycles. The third-order valence-electron chi connectivity index (χ3n) is 5.77. The first-order valence-corrected chi connectivity index (χ1v) is 9.51. The fourth-order valence-electron chi connectivity index (χ4n) is 4.09. The molecule has 0 unspecified atom stereocenters. The summed E-state index contributed by atoms with van der Waals surface area (Å²) in [5.41, 5.74) is 1.54. The van der Waals surface area contributed by atoms with Crippen LogP contribution in [0, 0.1) is 5.41 Å². The van der Waals surface area contributed by atoms with E-state index in [0.29, 0.717) is 19.3 Å². The van der Waals surface area contributed by atoms with Crippen molar-refractivity contribution in [3.8, 4) is 0 Å². The first kappa shape index (κ1) is 22.7. The van der Waals surface area contributed by atoms with Crippen LogP contribution in [0.1, 0.15) is 47.0 Å². The Hall–Kier alpha value is -0.580. The molecule has 0 spiro atoms. The number of rotatable bonds is 6. The second-order valence-corrected chi connectivity index (χ2v) is 8.45. The maximum Gasteiger partial charge on any atom is 0.187 e. The molecule has 0 aromatic rings. The standard InChI is InChI=1S/C19H34O8/c1-9(21)5-6-11-10(2)14(22)12(7-19(11,3)4)26-18-17(25)16(24)15(23)13(8-20)27-18/h9,12-18,20-25H,5-8H2,1-4H3/t9-,12-,13-,14-,15-,16+,17-,18-/m1/s1. The Morgan fingerprint density at radius 1 is 1.15 bits per heavy atom. The highest BCUT2D eigenvalue weighted by Crippen LogP contribution is 2.44. The van der Waals surface area contributed by atoms with Crippen LogP contribution in [0.4, 0.5) is 0 Å².